The van der Waals surface area contributed by atoms with E-state index >= 15 is 0 Å². The second kappa shape index (κ2) is 7.56. The van der Waals surface area contributed by atoms with Crippen LogP contribution in [0.3, 0.4) is 0 Å². The zero-order valence-corrected chi connectivity index (χ0v) is 15.2. The molecule has 2 aromatic rings. The Labute approximate surface area is 152 Å². The van der Waals surface area contributed by atoms with Gasteiger partial charge in [-0.25, -0.2) is 0 Å². The van der Waals surface area contributed by atoms with Crippen LogP contribution in [-0.2, 0) is 12.8 Å². The molecular weight excluding hydrogens is 334 g/mol. The number of phenols is 2. The monoisotopic (exact) mass is 357 g/mol. The van der Waals surface area contributed by atoms with Gasteiger partial charge in [-0.2, -0.15) is 0 Å². The summed E-state index contributed by atoms with van der Waals surface area (Å²) >= 11 is 0. The van der Waals surface area contributed by atoms with Crippen molar-refractivity contribution < 1.29 is 24.4 Å². The summed E-state index contributed by atoms with van der Waals surface area (Å²) in [5.41, 5.74) is 4.03. The molecule has 138 valence electrons. The Morgan fingerprint density at radius 3 is 2.15 bits per heavy atom. The quantitative estimate of drug-likeness (QED) is 0.830. The van der Waals surface area contributed by atoms with Crippen LogP contribution in [0.2, 0.25) is 0 Å². The van der Waals surface area contributed by atoms with Crippen LogP contribution in [0.5, 0.6) is 28.7 Å². The lowest BCUT2D eigenvalue weighted by molar-refractivity contribution is 0.339. The van der Waals surface area contributed by atoms with Crippen LogP contribution in [0.15, 0.2) is 29.3 Å². The Kier molecular flexibility index (Phi) is 5.21. The molecule has 0 saturated heterocycles. The average molecular weight is 357 g/mol. The molecule has 6 nitrogen and oxygen atoms in total. The summed E-state index contributed by atoms with van der Waals surface area (Å²) in [6, 6.07) is 7.21. The van der Waals surface area contributed by atoms with E-state index in [-0.39, 0.29) is 11.5 Å². The molecule has 0 aromatic heterocycles. The number of ether oxygens (including phenoxy) is 3. The number of rotatable bonds is 6. The Balaban J connectivity index is 1.83. The van der Waals surface area contributed by atoms with E-state index in [0.29, 0.717) is 30.1 Å². The maximum Gasteiger partial charge on any atom is 0.200 e. The summed E-state index contributed by atoms with van der Waals surface area (Å²) in [5, 5.41) is 20.1. The van der Waals surface area contributed by atoms with Gasteiger partial charge in [0.1, 0.15) is 0 Å². The molecule has 0 fully saturated rings. The summed E-state index contributed by atoms with van der Waals surface area (Å²) < 4.78 is 15.6. The van der Waals surface area contributed by atoms with Crippen molar-refractivity contribution in [3.63, 3.8) is 0 Å². The van der Waals surface area contributed by atoms with Gasteiger partial charge in [0.25, 0.3) is 0 Å². The number of nitrogens with zero attached hydrogens (tertiary/aromatic N) is 1. The largest absolute Gasteiger partial charge is 0.504 e. The number of methoxy groups -OCH3 is 3. The van der Waals surface area contributed by atoms with Crippen molar-refractivity contribution >= 4 is 5.71 Å². The van der Waals surface area contributed by atoms with Gasteiger partial charge in [0, 0.05) is 17.8 Å². The van der Waals surface area contributed by atoms with E-state index in [1.807, 2.05) is 6.07 Å². The summed E-state index contributed by atoms with van der Waals surface area (Å²) in [4.78, 5) is 4.64. The molecule has 1 heterocycles. The highest BCUT2D eigenvalue weighted by molar-refractivity contribution is 6.03. The Hall–Kier alpha value is -2.89. The summed E-state index contributed by atoms with van der Waals surface area (Å²) in [6.45, 7) is 0.721. The van der Waals surface area contributed by atoms with Crippen LogP contribution < -0.4 is 14.2 Å². The Morgan fingerprint density at radius 1 is 0.885 bits per heavy atom. The van der Waals surface area contributed by atoms with Crippen molar-refractivity contribution in [3.05, 3.63) is 41.0 Å². The first-order chi connectivity index (χ1) is 12.6. The van der Waals surface area contributed by atoms with Gasteiger partial charge in [-0.15, -0.1) is 0 Å². The van der Waals surface area contributed by atoms with Gasteiger partial charge in [0.15, 0.2) is 23.0 Å². The zero-order valence-electron chi connectivity index (χ0n) is 15.2. The highest BCUT2D eigenvalue weighted by Crippen LogP contribution is 2.38. The van der Waals surface area contributed by atoms with E-state index in [1.165, 1.54) is 14.2 Å². The van der Waals surface area contributed by atoms with Crippen molar-refractivity contribution in [2.45, 2.75) is 19.3 Å². The lowest BCUT2D eigenvalue weighted by Crippen LogP contribution is -2.14. The van der Waals surface area contributed by atoms with E-state index in [9.17, 15) is 10.2 Å². The lowest BCUT2D eigenvalue weighted by Gasteiger charge is -2.19. The van der Waals surface area contributed by atoms with Crippen LogP contribution in [0, 0.1) is 0 Å². The number of benzene rings is 2. The first-order valence-corrected chi connectivity index (χ1v) is 8.44. The normalized spacial score (nSPS) is 13.0. The lowest BCUT2D eigenvalue weighted by atomic mass is 9.93. The molecular formula is C20H23NO5. The minimum Gasteiger partial charge on any atom is -0.504 e. The molecule has 6 heteroatoms. The maximum atomic E-state index is 10.1. The number of hydrogen-bond acceptors (Lipinski definition) is 6. The van der Waals surface area contributed by atoms with Crippen molar-refractivity contribution in [1.29, 1.82) is 0 Å². The highest BCUT2D eigenvalue weighted by Gasteiger charge is 2.18. The van der Waals surface area contributed by atoms with Crippen LogP contribution in [-0.4, -0.2) is 43.8 Å². The van der Waals surface area contributed by atoms with Gasteiger partial charge in [-0.1, -0.05) is 0 Å². The van der Waals surface area contributed by atoms with Gasteiger partial charge in [0.2, 0.25) is 5.75 Å². The van der Waals surface area contributed by atoms with E-state index in [4.69, 9.17) is 14.2 Å². The molecule has 0 saturated carbocycles. The molecule has 0 radical (unpaired) electrons. The summed E-state index contributed by atoms with van der Waals surface area (Å²) in [5.74, 6) is 1.36. The van der Waals surface area contributed by atoms with Crippen LogP contribution in [0.25, 0.3) is 0 Å². The molecule has 0 amide bonds. The van der Waals surface area contributed by atoms with E-state index in [0.717, 1.165) is 35.4 Å². The highest BCUT2D eigenvalue weighted by atomic mass is 16.5. The molecule has 1 aliphatic heterocycles. The molecule has 0 spiro atoms. The molecule has 2 aromatic carbocycles. The molecule has 0 unspecified atom stereocenters. The van der Waals surface area contributed by atoms with E-state index in [2.05, 4.69) is 4.99 Å². The number of fused-ring (bicyclic) bond motifs is 1. The molecule has 26 heavy (non-hydrogen) atoms. The number of phenolic OH excluding ortho intramolecular Hbond substituents is 2. The van der Waals surface area contributed by atoms with Crippen LogP contribution in [0.4, 0.5) is 0 Å². The number of aryl methyl sites for hydroxylation is 1. The standard InChI is InChI=1S/C20H23NO5/c1-24-17-10-13-6-7-21-15(14(13)11-16(17)22)5-4-12-8-18(25-2)20(23)19(9-12)26-3/h8-11,22-23H,4-7H2,1-3H3. The summed E-state index contributed by atoms with van der Waals surface area (Å²) in [7, 11) is 4.57. The molecule has 0 aliphatic carbocycles. The molecule has 3 rings (SSSR count). The molecule has 0 bridgehead atoms. The third-order valence-electron chi connectivity index (χ3n) is 4.59. The third-order valence-corrected chi connectivity index (χ3v) is 4.59. The van der Waals surface area contributed by atoms with Crippen molar-refractivity contribution in [2.24, 2.45) is 4.99 Å². The van der Waals surface area contributed by atoms with Crippen molar-refractivity contribution in [2.75, 3.05) is 27.9 Å². The van der Waals surface area contributed by atoms with Gasteiger partial charge < -0.3 is 24.4 Å². The fraction of sp³-hybridized carbons (Fsp3) is 0.350. The predicted octanol–water partition coefficient (Wildman–Crippen LogP) is 3.10. The molecule has 2 N–H and O–H groups in total. The third kappa shape index (κ3) is 3.40. The second-order valence-corrected chi connectivity index (χ2v) is 6.11. The molecule has 0 atom stereocenters. The fourth-order valence-corrected chi connectivity index (χ4v) is 3.21. The number of aliphatic imine (C=N–C) groups is 1. The first-order valence-electron chi connectivity index (χ1n) is 8.44. The first kappa shape index (κ1) is 17.9. The smallest absolute Gasteiger partial charge is 0.200 e. The van der Waals surface area contributed by atoms with Crippen LogP contribution in [0.1, 0.15) is 23.1 Å². The average Bonchev–Trinajstić information content (AvgIpc) is 2.66. The Morgan fingerprint density at radius 2 is 1.54 bits per heavy atom. The van der Waals surface area contributed by atoms with Gasteiger partial charge in [-0.3, -0.25) is 4.99 Å². The van der Waals surface area contributed by atoms with E-state index in [1.54, 1.807) is 25.3 Å². The zero-order chi connectivity index (χ0) is 18.7. The van der Waals surface area contributed by atoms with Gasteiger partial charge >= 0.3 is 0 Å². The Bertz CT molecular complexity index is 819. The summed E-state index contributed by atoms with van der Waals surface area (Å²) in [6.07, 6.45) is 2.24. The number of aromatic hydroxyl groups is 2. The minimum atomic E-state index is -0.00359. The predicted molar refractivity (Wildman–Crippen MR) is 99.3 cm³/mol. The van der Waals surface area contributed by atoms with Crippen molar-refractivity contribution in [3.8, 4) is 28.7 Å². The van der Waals surface area contributed by atoms with Gasteiger partial charge in [0.05, 0.1) is 21.3 Å². The molecule has 1 aliphatic rings. The second-order valence-electron chi connectivity index (χ2n) is 6.11. The van der Waals surface area contributed by atoms with Crippen LogP contribution >= 0.6 is 0 Å². The number of hydrogen-bond donors (Lipinski definition) is 2. The topological polar surface area (TPSA) is 80.5 Å². The van der Waals surface area contributed by atoms with Gasteiger partial charge in [-0.05, 0) is 54.7 Å². The fourth-order valence-electron chi connectivity index (χ4n) is 3.21. The van der Waals surface area contributed by atoms with Crippen molar-refractivity contribution in [1.82, 2.24) is 0 Å². The maximum absolute atomic E-state index is 10.1. The minimum absolute atomic E-state index is 0.00359. The SMILES string of the molecule is COc1cc2c(cc1O)C(CCc1cc(OC)c(O)c(OC)c1)=NCC2. The van der Waals surface area contributed by atoms with E-state index < -0.39 is 0 Å².